The summed E-state index contributed by atoms with van der Waals surface area (Å²) in [5, 5.41) is 66.7. The number of carboxylic acids is 2. The zero-order chi connectivity index (χ0) is 109. The Hall–Kier alpha value is -5.24. The molecule has 828 valence electrons. The highest BCUT2D eigenvalue weighted by Gasteiger charge is 2.80. The van der Waals surface area contributed by atoms with Crippen LogP contribution in [0.5, 0.6) is 0 Å². The van der Waals surface area contributed by atoms with E-state index in [-0.39, 0.29) is 170 Å². The van der Waals surface area contributed by atoms with Crippen molar-refractivity contribution in [2.45, 2.75) is 448 Å². The molecule has 0 aromatic carbocycles. The van der Waals surface area contributed by atoms with Crippen molar-refractivity contribution in [1.29, 1.82) is 0 Å². The normalized spacial score (nSPS) is 52.4. The number of carbonyl (C=O) groups is 8. The van der Waals surface area contributed by atoms with Gasteiger partial charge in [-0.1, -0.05) is 252 Å². The van der Waals surface area contributed by atoms with E-state index in [4.69, 9.17) is 18.9 Å². The molecule has 0 aliphatic heterocycles. The number of fused-ring (bicyclic) bond motifs is 28. The van der Waals surface area contributed by atoms with Crippen molar-refractivity contribution in [1.82, 2.24) is 0 Å². The van der Waals surface area contributed by atoms with Crippen molar-refractivity contribution in [2.24, 2.45) is 213 Å². The Balaban J connectivity index is 0.000000135. The van der Waals surface area contributed by atoms with Gasteiger partial charge in [0.15, 0.2) is 0 Å². The molecule has 20 aliphatic carbocycles. The fraction of sp³-hybridized carbons (Fsp3) is 0.846. The number of hydrogen-bond acceptors (Lipinski definition) is 16. The molecule has 18 heteroatoms. The summed E-state index contributed by atoms with van der Waals surface area (Å²) in [6.07, 6.45) is 46.8. The lowest BCUT2D eigenvalue weighted by Crippen LogP contribution is -2.68. The van der Waals surface area contributed by atoms with Gasteiger partial charge in [-0.3, -0.25) is 19.2 Å². The van der Waals surface area contributed by atoms with Crippen LogP contribution in [-0.2, 0) is 57.3 Å². The lowest BCUT2D eigenvalue weighted by Gasteiger charge is -2.71. The number of aldehydes is 4. The third kappa shape index (κ3) is 15.4. The number of aliphatic carboxylic acids is 2. The molecule has 16 saturated carbocycles. The number of ether oxygens (including phenoxy) is 4. The molecule has 18 nitrogen and oxygen atoms in total. The van der Waals surface area contributed by atoms with E-state index in [9.17, 15) is 69.0 Å². The molecular formula is C130H200O18. The molecule has 0 saturated heterocycles. The predicted molar refractivity (Wildman–Crippen MR) is 581 cm³/mol. The summed E-state index contributed by atoms with van der Waals surface area (Å²) in [5.74, 6) is 1.75. The van der Waals surface area contributed by atoms with Crippen LogP contribution in [0.1, 0.15) is 411 Å². The smallest absolute Gasteiger partial charge is 0.315 e. The Morgan fingerprint density at radius 1 is 0.304 bits per heavy atom. The van der Waals surface area contributed by atoms with Gasteiger partial charge in [0.25, 0.3) is 0 Å². The van der Waals surface area contributed by atoms with Crippen molar-refractivity contribution < 1.29 is 87.9 Å². The second kappa shape index (κ2) is 37.2. The Morgan fingerprint density at radius 2 is 0.554 bits per heavy atom. The van der Waals surface area contributed by atoms with Gasteiger partial charge in [0.2, 0.25) is 0 Å². The monoisotopic (exact) mass is 2050 g/mol. The van der Waals surface area contributed by atoms with Gasteiger partial charge in [-0.05, 0) is 401 Å². The molecule has 0 spiro atoms. The van der Waals surface area contributed by atoms with Crippen LogP contribution >= 0.6 is 0 Å². The third-order valence-electron chi connectivity index (χ3n) is 54.3. The van der Waals surface area contributed by atoms with Crippen molar-refractivity contribution in [3.63, 3.8) is 0 Å². The topological polar surface area (TPSA) is 295 Å². The minimum atomic E-state index is -1.09. The maximum Gasteiger partial charge on any atom is 0.315 e. The quantitative estimate of drug-likeness (QED) is 0.0535. The first-order valence-corrected chi connectivity index (χ1v) is 59.1. The molecule has 16 unspecified atom stereocenters. The van der Waals surface area contributed by atoms with E-state index in [1.54, 1.807) is 26.4 Å². The van der Waals surface area contributed by atoms with E-state index < -0.39 is 68.8 Å². The van der Waals surface area contributed by atoms with Crippen LogP contribution in [0.2, 0.25) is 0 Å². The molecule has 148 heavy (non-hydrogen) atoms. The van der Waals surface area contributed by atoms with Gasteiger partial charge in [-0.2, -0.15) is 0 Å². The van der Waals surface area contributed by atoms with Gasteiger partial charge in [0.1, 0.15) is 60.0 Å². The number of esters is 2. The summed E-state index contributed by atoms with van der Waals surface area (Å²) in [5.41, 5.74) is -0.0141. The Bertz CT molecular complexity index is 5340. The zero-order valence-corrected chi connectivity index (χ0v) is 97.2. The van der Waals surface area contributed by atoms with E-state index in [1.807, 2.05) is 13.8 Å². The maximum absolute atomic E-state index is 14.0. The molecule has 0 aromatic heterocycles. The fourth-order valence-electron chi connectivity index (χ4n) is 43.9. The number of rotatable bonds is 14. The predicted octanol–water partition coefficient (Wildman–Crippen LogP) is 26.7. The maximum atomic E-state index is 14.0. The first-order chi connectivity index (χ1) is 68.6. The number of carbonyl (C=O) groups excluding carboxylic acids is 6. The van der Waals surface area contributed by atoms with Crippen molar-refractivity contribution in [3.8, 4) is 0 Å². The first kappa shape index (κ1) is 114. The second-order valence-corrected chi connectivity index (χ2v) is 61.6. The molecular weight excluding hydrogens is 1850 g/mol. The minimum Gasteiger partial charge on any atom is -0.481 e. The van der Waals surface area contributed by atoms with Crippen molar-refractivity contribution in [3.05, 3.63) is 71.9 Å². The average Bonchev–Trinajstić information content (AvgIpc) is 0.677. The van der Waals surface area contributed by atoms with E-state index >= 15 is 0 Å². The van der Waals surface area contributed by atoms with Gasteiger partial charge in [-0.15, -0.1) is 0 Å². The number of methoxy groups -OCH3 is 2. The summed E-state index contributed by atoms with van der Waals surface area (Å²) in [6, 6.07) is 0. The summed E-state index contributed by atoms with van der Waals surface area (Å²) < 4.78 is 24.1. The lowest BCUT2D eigenvalue weighted by molar-refractivity contribution is -0.218. The molecule has 6 N–H and O–H groups in total. The Morgan fingerprint density at radius 3 is 0.858 bits per heavy atom. The SMILES string of the molecule is C=CCOC(=O)[C@]12CCC(C)(C)CC1C1=CCC3C4(C)CC[C@H](C)[C@](C)(C=O)[C@@H]4CC[C@]3(C)[C@]1(C)CC2OC.C=CCOC(=O)[C@]12CCC(C)(C)CC1C1=CCC3C4(C)CC[C@H](O)[C@](C)(C=O)[C@@H]4CC[C@]3(C)[C@]1(C)CC2O.CC1(C)CC[C@]2(C(=O)O)C(O)C[C@]3(C)C(=CCC4C5(C)CC[C@H](O)[C@](C)(C=O)[C@@H]5CC[C@@]43C)C2C1.COC1C[C@]2(C)C(=CCC3C4(C)CC[C@H](C)[C@](C)(C=O)[C@@H]4CC[C@@]32C)C2CC(C)(C)CC[C@]12C(=O)O. The van der Waals surface area contributed by atoms with Gasteiger partial charge in [-0.25, -0.2) is 0 Å². The highest BCUT2D eigenvalue weighted by atomic mass is 16.5. The largest absolute Gasteiger partial charge is 0.481 e. The van der Waals surface area contributed by atoms with Crippen molar-refractivity contribution >= 4 is 49.0 Å². The summed E-state index contributed by atoms with van der Waals surface area (Å²) in [6.45, 7) is 68.6. The van der Waals surface area contributed by atoms with Crippen LogP contribution in [0.25, 0.3) is 0 Å². The molecule has 0 amide bonds. The van der Waals surface area contributed by atoms with E-state index in [2.05, 4.69) is 204 Å². The fourth-order valence-corrected chi connectivity index (χ4v) is 43.9. The molecule has 0 aromatic rings. The van der Waals surface area contributed by atoms with Crippen LogP contribution in [-0.4, -0.2) is 144 Å². The van der Waals surface area contributed by atoms with E-state index in [0.29, 0.717) is 92.3 Å². The highest BCUT2D eigenvalue weighted by molar-refractivity contribution is 5.82. The molecule has 0 bridgehead atoms. The molecule has 20 rings (SSSR count). The number of carboxylic acid groups (broad SMARTS) is 2. The standard InChI is InChI=1S/C35H54O4.C33H50O5.C32H50O4.C30H46O5/c1-10-19-39-29(37)35-18-17-30(3,4)20-25(35)24-11-12-27-31(5)15-13-23(2)32(6,22-36)26(31)14-16-33(27,7)34(24,8)21-28(35)38-9;1-8-17-38-27(37)33-16-15-28(2,3)18-22(33)21-9-10-24-29(4)13-12-25(35)30(5,20-34)23(29)11-14-31(24,6)32(21,7)19-26(33)36;1-20-11-13-28(4)23(29(20,5)19-33)12-14-30(6)24(28)10-9-21-22-17-27(2,3)15-16-32(22,26(34)35)25(36-8)18-31(21,30)7;1-25(2)13-14-30(24(34)35)19(15-25)18-7-8-21-26(3)11-10-22(32)27(4,17-31)20(26)9-12-28(21,5)29(18,6)16-23(30)33/h10-11,22-23,25-28H,1,12-21H2,2-9H3;8-9,20,22-26,35-36H,1,10-19H2,2-7H3;9,19-20,22-25H,10-18H2,1-8H3,(H,34,35);7,17,19-23,32-33H,8-16H2,1-6H3,(H,34,35)/t23-,25?,26+,27?,28?,31?,32-,33-,34+,35+;22?,23-,24?,25+,26?,29?,30-,31+,32-,33-;20-,22?,23+,24?,25?,28?,29-,30-,31+,32+;19?,20-,21?,22+,23?,26?,27-,28+,29-,30-/m0101/s1. The first-order valence-electron chi connectivity index (χ1n) is 59.1. The van der Waals surface area contributed by atoms with Gasteiger partial charge >= 0.3 is 23.9 Å². The number of aliphatic hydroxyl groups excluding tert-OH is 4. The minimum absolute atomic E-state index is 0.0253. The lowest BCUT2D eigenvalue weighted by atomic mass is 9.33. The molecule has 40 atom stereocenters. The van der Waals surface area contributed by atoms with Gasteiger partial charge in [0, 0.05) is 25.0 Å². The second-order valence-electron chi connectivity index (χ2n) is 61.6. The van der Waals surface area contributed by atoms with Crippen LogP contribution in [0.15, 0.2) is 71.9 Å². The number of hydrogen-bond donors (Lipinski definition) is 6. The Kier molecular flexibility index (Phi) is 28.6. The van der Waals surface area contributed by atoms with E-state index in [0.717, 1.165) is 186 Å². The number of aliphatic hydroxyl groups is 4. The van der Waals surface area contributed by atoms with Gasteiger partial charge < -0.3 is 68.8 Å². The third-order valence-corrected chi connectivity index (χ3v) is 54.3. The zero-order valence-electron chi connectivity index (χ0n) is 97.2. The Labute approximate surface area is 891 Å². The van der Waals surface area contributed by atoms with Crippen LogP contribution in [0, 0.1) is 213 Å². The summed E-state index contributed by atoms with van der Waals surface area (Å²) >= 11 is 0. The molecule has 0 radical (unpaired) electrons. The molecule has 0 heterocycles. The molecule has 16 fully saturated rings. The summed E-state index contributed by atoms with van der Waals surface area (Å²) in [7, 11) is 3.55. The van der Waals surface area contributed by atoms with Crippen LogP contribution in [0.3, 0.4) is 0 Å². The summed E-state index contributed by atoms with van der Waals surface area (Å²) in [4.78, 5) is 103. The van der Waals surface area contributed by atoms with Crippen molar-refractivity contribution in [2.75, 3.05) is 27.4 Å². The van der Waals surface area contributed by atoms with Crippen LogP contribution < -0.4 is 0 Å². The van der Waals surface area contributed by atoms with E-state index in [1.165, 1.54) is 47.7 Å². The average molecular weight is 2050 g/mol. The molecule has 20 aliphatic rings. The van der Waals surface area contributed by atoms with Gasteiger partial charge in [0.05, 0.1) is 47.5 Å². The number of allylic oxidation sites excluding steroid dienone is 8. The highest BCUT2D eigenvalue weighted by Crippen LogP contribution is 2.84. The van der Waals surface area contributed by atoms with Crippen LogP contribution in [0.4, 0.5) is 0 Å².